The van der Waals surface area contributed by atoms with Crippen molar-refractivity contribution >= 4 is 35.3 Å². The minimum atomic E-state index is 0.625. The maximum atomic E-state index is 6.89. The highest BCUT2D eigenvalue weighted by Gasteiger charge is 2.61. The lowest BCUT2D eigenvalue weighted by Crippen LogP contribution is -2.60. The zero-order valence-corrected chi connectivity index (χ0v) is 35.7. The first-order valence-electron chi connectivity index (χ1n) is 24.7. The number of hydrogen-bond donors (Lipinski definition) is 0. The van der Waals surface area contributed by atoms with Crippen LogP contribution in [0.4, 0.5) is 0 Å². The molecule has 4 heterocycles. The van der Waals surface area contributed by atoms with Gasteiger partial charge >= 0.3 is 0 Å². The number of thioether (sulfide) groups is 3. The molecule has 19 atom stereocenters. The third-order valence-electron chi connectivity index (χ3n) is 19.9. The normalized spacial score (nSPS) is 57.3. The highest BCUT2D eigenvalue weighted by molar-refractivity contribution is 8.01. The standard InChI is InChI=1S/C48H75NOS3/c1-4-19-40-37(12-1)44-41(50-40)27-26-36-35-14-7-13-30(45(35)53-48(36)44)28-22-24-29(25-23-28)49(38-17-8-15-33-31-10-2-5-20-42(31)51-46(33)38)39-18-9-16-34-32-11-3-6-21-43(32)52-47(34)39/h28-48H,1-27H2. The summed E-state index contributed by atoms with van der Waals surface area (Å²) in [5, 5.41) is 5.90. The molecule has 0 spiro atoms. The van der Waals surface area contributed by atoms with Crippen molar-refractivity contribution < 1.29 is 4.74 Å². The topological polar surface area (TPSA) is 12.5 Å². The fraction of sp³-hybridized carbons (Fsp3) is 1.00. The van der Waals surface area contributed by atoms with Gasteiger partial charge in [0.2, 0.25) is 0 Å². The summed E-state index contributed by atoms with van der Waals surface area (Å²) in [4.78, 5) is 3.49. The molecule has 0 aromatic heterocycles. The van der Waals surface area contributed by atoms with Gasteiger partial charge in [-0.15, -0.1) is 0 Å². The third-order valence-corrected chi connectivity index (χ3v) is 25.7. The fourth-order valence-corrected chi connectivity index (χ4v) is 25.0. The maximum Gasteiger partial charge on any atom is 0.0621 e. The molecular weight excluding hydrogens is 703 g/mol. The van der Waals surface area contributed by atoms with Crippen LogP contribution in [0, 0.1) is 59.2 Å². The molecule has 12 fully saturated rings. The van der Waals surface area contributed by atoms with E-state index in [4.69, 9.17) is 4.74 Å². The van der Waals surface area contributed by atoms with Crippen LogP contribution in [0.2, 0.25) is 0 Å². The van der Waals surface area contributed by atoms with Gasteiger partial charge in [-0.1, -0.05) is 57.8 Å². The summed E-state index contributed by atoms with van der Waals surface area (Å²) in [5.41, 5.74) is 0. The first kappa shape index (κ1) is 35.9. The average molecular weight is 778 g/mol. The van der Waals surface area contributed by atoms with E-state index in [0.29, 0.717) is 12.2 Å². The zero-order chi connectivity index (χ0) is 34.6. The molecule has 53 heavy (non-hydrogen) atoms. The molecule has 4 saturated heterocycles. The monoisotopic (exact) mass is 778 g/mol. The molecule has 0 aromatic carbocycles. The molecule has 19 unspecified atom stereocenters. The number of fused-ring (bicyclic) bond motifs is 13. The SMILES string of the molecule is C1CCC2C(C1)OC1CCC3C4CCCC(C5CCC(N(C6CCCC7C8CCCCC8SC76)C6CCCC7C8CCCCC8SC76)CC5)C4SC3C12. The summed E-state index contributed by atoms with van der Waals surface area (Å²) >= 11 is 7.78. The van der Waals surface area contributed by atoms with Gasteiger partial charge in [0, 0.05) is 55.5 Å². The van der Waals surface area contributed by atoms with E-state index < -0.39 is 0 Å². The molecule has 0 aromatic rings. The van der Waals surface area contributed by atoms with Crippen LogP contribution in [0.25, 0.3) is 0 Å². The van der Waals surface area contributed by atoms with Gasteiger partial charge in [0.25, 0.3) is 0 Å². The molecule has 8 saturated carbocycles. The van der Waals surface area contributed by atoms with Gasteiger partial charge in [0.15, 0.2) is 0 Å². The Hall–Kier alpha value is 0.970. The first-order valence-corrected chi connectivity index (χ1v) is 27.5. The van der Waals surface area contributed by atoms with E-state index in [1.807, 2.05) is 0 Å². The number of ether oxygens (including phenoxy) is 1. The summed E-state index contributed by atoms with van der Waals surface area (Å²) in [5.74, 6) is 10.2. The van der Waals surface area contributed by atoms with Crippen molar-refractivity contribution in [3.8, 4) is 0 Å². The van der Waals surface area contributed by atoms with Crippen molar-refractivity contribution in [1.82, 2.24) is 4.90 Å². The second-order valence-corrected chi connectivity index (χ2v) is 26.0. The molecule has 4 aliphatic heterocycles. The minimum absolute atomic E-state index is 0.625. The van der Waals surface area contributed by atoms with Crippen LogP contribution in [-0.2, 0) is 4.74 Å². The van der Waals surface area contributed by atoms with E-state index in [1.165, 1.54) is 64.2 Å². The summed E-state index contributed by atoms with van der Waals surface area (Å²) < 4.78 is 6.89. The van der Waals surface area contributed by atoms with E-state index in [-0.39, 0.29) is 0 Å². The molecule has 0 bridgehead atoms. The molecule has 0 amide bonds. The lowest BCUT2D eigenvalue weighted by Gasteiger charge is -2.54. The molecule has 296 valence electrons. The summed E-state index contributed by atoms with van der Waals surface area (Å²) in [7, 11) is 0. The molecule has 12 rings (SSSR count). The van der Waals surface area contributed by atoms with Gasteiger partial charge < -0.3 is 4.74 Å². The summed E-state index contributed by atoms with van der Waals surface area (Å²) in [6, 6.07) is 2.69. The van der Waals surface area contributed by atoms with Gasteiger partial charge in [-0.25, -0.2) is 0 Å². The minimum Gasteiger partial charge on any atom is -0.374 e. The molecular formula is C48H75NOS3. The summed E-state index contributed by atoms with van der Waals surface area (Å²) in [6.07, 6.45) is 42.5. The van der Waals surface area contributed by atoms with Gasteiger partial charge in [-0.3, -0.25) is 4.90 Å². The molecule has 0 radical (unpaired) electrons. The largest absolute Gasteiger partial charge is 0.374 e. The number of nitrogens with zero attached hydrogens (tertiary/aromatic N) is 1. The van der Waals surface area contributed by atoms with E-state index >= 15 is 0 Å². The average Bonchev–Trinajstić information content (AvgIpc) is 3.98. The highest BCUT2D eigenvalue weighted by atomic mass is 32.2. The second kappa shape index (κ2) is 14.9. The predicted molar refractivity (Wildman–Crippen MR) is 227 cm³/mol. The van der Waals surface area contributed by atoms with E-state index in [0.717, 1.165) is 109 Å². The van der Waals surface area contributed by atoms with E-state index in [2.05, 4.69) is 40.2 Å². The van der Waals surface area contributed by atoms with Gasteiger partial charge in [0.1, 0.15) is 0 Å². The van der Waals surface area contributed by atoms with Crippen molar-refractivity contribution in [2.75, 3.05) is 0 Å². The van der Waals surface area contributed by atoms with Crippen molar-refractivity contribution in [2.45, 2.75) is 235 Å². The summed E-state index contributed by atoms with van der Waals surface area (Å²) in [6.45, 7) is 0. The number of hydrogen-bond acceptors (Lipinski definition) is 5. The second-order valence-electron chi connectivity index (χ2n) is 21.8. The Labute approximate surface area is 337 Å². The van der Waals surface area contributed by atoms with Crippen LogP contribution in [0.3, 0.4) is 0 Å². The Balaban J connectivity index is 0.792. The Kier molecular flexibility index (Phi) is 10.1. The van der Waals surface area contributed by atoms with Gasteiger partial charge in [-0.05, 0) is 169 Å². The van der Waals surface area contributed by atoms with Crippen LogP contribution < -0.4 is 0 Å². The van der Waals surface area contributed by atoms with Crippen LogP contribution in [0.15, 0.2) is 0 Å². The molecule has 12 aliphatic rings. The van der Waals surface area contributed by atoms with Crippen molar-refractivity contribution in [3.05, 3.63) is 0 Å². The van der Waals surface area contributed by atoms with Crippen LogP contribution in [-0.4, -0.2) is 66.7 Å². The maximum absolute atomic E-state index is 6.89. The third kappa shape index (κ3) is 6.04. The van der Waals surface area contributed by atoms with E-state index in [1.54, 1.807) is 109 Å². The Bertz CT molecular complexity index is 1260. The lowest BCUT2D eigenvalue weighted by atomic mass is 9.62. The smallest absolute Gasteiger partial charge is 0.0621 e. The molecule has 2 nitrogen and oxygen atoms in total. The van der Waals surface area contributed by atoms with E-state index in [9.17, 15) is 0 Å². The van der Waals surface area contributed by atoms with Gasteiger partial charge in [0.05, 0.1) is 12.2 Å². The quantitative estimate of drug-likeness (QED) is 0.281. The van der Waals surface area contributed by atoms with Crippen LogP contribution in [0.1, 0.15) is 173 Å². The first-order chi connectivity index (χ1) is 26.3. The molecule has 0 N–H and O–H groups in total. The van der Waals surface area contributed by atoms with Crippen LogP contribution >= 0.6 is 35.3 Å². The Morgan fingerprint density at radius 1 is 0.340 bits per heavy atom. The van der Waals surface area contributed by atoms with Gasteiger partial charge in [-0.2, -0.15) is 35.3 Å². The Morgan fingerprint density at radius 3 is 1.55 bits per heavy atom. The Morgan fingerprint density at radius 2 is 0.868 bits per heavy atom. The van der Waals surface area contributed by atoms with Crippen LogP contribution in [0.5, 0.6) is 0 Å². The predicted octanol–water partition coefficient (Wildman–Crippen LogP) is 12.4. The molecule has 8 aliphatic carbocycles. The fourth-order valence-electron chi connectivity index (χ4n) is 18.0. The zero-order valence-electron chi connectivity index (χ0n) is 33.3. The van der Waals surface area contributed by atoms with Crippen molar-refractivity contribution in [2.24, 2.45) is 59.2 Å². The highest BCUT2D eigenvalue weighted by Crippen LogP contribution is 2.64. The van der Waals surface area contributed by atoms with Crippen molar-refractivity contribution in [1.29, 1.82) is 0 Å². The van der Waals surface area contributed by atoms with Crippen molar-refractivity contribution in [3.63, 3.8) is 0 Å². The number of rotatable bonds is 4. The molecule has 5 heteroatoms. The lowest BCUT2D eigenvalue weighted by molar-refractivity contribution is -0.0104.